The van der Waals surface area contributed by atoms with E-state index in [-0.39, 0.29) is 6.09 Å². The van der Waals surface area contributed by atoms with Gasteiger partial charge in [-0.2, -0.15) is 0 Å². The summed E-state index contributed by atoms with van der Waals surface area (Å²) in [5.74, 6) is 1.81. The first kappa shape index (κ1) is 18.2. The molecule has 26 heavy (non-hydrogen) atoms. The van der Waals surface area contributed by atoms with Crippen LogP contribution in [0.4, 0.5) is 4.79 Å². The second kappa shape index (κ2) is 8.66. The van der Waals surface area contributed by atoms with Crippen LogP contribution in [-0.4, -0.2) is 54.0 Å². The number of amides is 1. The number of hydrogen-bond donors (Lipinski definition) is 1. The van der Waals surface area contributed by atoms with Crippen LogP contribution >= 0.6 is 0 Å². The van der Waals surface area contributed by atoms with Gasteiger partial charge in [0.1, 0.15) is 5.75 Å². The maximum atomic E-state index is 11.7. The fourth-order valence-electron chi connectivity index (χ4n) is 2.89. The lowest BCUT2D eigenvalue weighted by molar-refractivity contribution is 0.0948. The van der Waals surface area contributed by atoms with E-state index in [0.29, 0.717) is 44.1 Å². The van der Waals surface area contributed by atoms with Gasteiger partial charge in [-0.25, -0.2) is 4.79 Å². The number of piperidine rings is 1. The summed E-state index contributed by atoms with van der Waals surface area (Å²) in [6.45, 7) is 4.11. The van der Waals surface area contributed by atoms with E-state index in [2.05, 4.69) is 15.5 Å². The molecule has 0 aliphatic carbocycles. The molecule has 0 bridgehead atoms. The predicted octanol–water partition coefficient (Wildman–Crippen LogP) is 2.46. The Morgan fingerprint density at radius 2 is 2.00 bits per heavy atom. The second-order valence-electron chi connectivity index (χ2n) is 6.07. The third-order valence-electron chi connectivity index (χ3n) is 4.37. The Labute approximate surface area is 152 Å². The normalized spacial score (nSPS) is 15.1. The number of benzene rings is 1. The first-order valence-corrected chi connectivity index (χ1v) is 8.81. The van der Waals surface area contributed by atoms with Gasteiger partial charge in [0.05, 0.1) is 20.3 Å². The number of aromatic nitrogens is 2. The monoisotopic (exact) mass is 360 g/mol. The Morgan fingerprint density at radius 1 is 1.27 bits per heavy atom. The van der Waals surface area contributed by atoms with Crippen LogP contribution in [0.2, 0.25) is 0 Å². The Morgan fingerprint density at radius 3 is 2.65 bits per heavy atom. The molecule has 0 saturated carbocycles. The Kier molecular flexibility index (Phi) is 6.06. The molecule has 1 saturated heterocycles. The molecule has 2 aromatic rings. The molecule has 8 nitrogen and oxygen atoms in total. The van der Waals surface area contributed by atoms with Gasteiger partial charge in [-0.1, -0.05) is 0 Å². The first-order chi connectivity index (χ1) is 12.7. The molecule has 1 fully saturated rings. The molecule has 1 aliphatic heterocycles. The van der Waals surface area contributed by atoms with Crippen molar-refractivity contribution in [1.29, 1.82) is 0 Å². The molecule has 3 rings (SSSR count). The van der Waals surface area contributed by atoms with Crippen LogP contribution in [0.1, 0.15) is 25.7 Å². The van der Waals surface area contributed by atoms with Crippen LogP contribution in [0.3, 0.4) is 0 Å². The van der Waals surface area contributed by atoms with E-state index in [1.807, 2.05) is 31.2 Å². The van der Waals surface area contributed by atoms with Gasteiger partial charge in [0.15, 0.2) is 0 Å². The molecule has 0 spiro atoms. The van der Waals surface area contributed by atoms with E-state index in [9.17, 15) is 4.79 Å². The second-order valence-corrected chi connectivity index (χ2v) is 6.07. The Hall–Kier alpha value is -2.61. The number of rotatable bonds is 6. The zero-order valence-electron chi connectivity index (χ0n) is 15.1. The average molecular weight is 360 g/mol. The van der Waals surface area contributed by atoms with E-state index in [0.717, 1.165) is 24.2 Å². The fraction of sp³-hybridized carbons (Fsp3) is 0.500. The van der Waals surface area contributed by atoms with E-state index < -0.39 is 0 Å². The number of ether oxygens (including phenoxy) is 2. The van der Waals surface area contributed by atoms with Crippen LogP contribution in [0, 0.1) is 0 Å². The summed E-state index contributed by atoms with van der Waals surface area (Å²) in [5, 5.41) is 11.6. The number of nitrogens with one attached hydrogen (secondary N) is 1. The van der Waals surface area contributed by atoms with Crippen LogP contribution in [0.15, 0.2) is 28.7 Å². The zero-order chi connectivity index (χ0) is 18.4. The maximum absolute atomic E-state index is 11.7. The highest BCUT2D eigenvalue weighted by Gasteiger charge is 2.23. The van der Waals surface area contributed by atoms with E-state index in [1.54, 1.807) is 12.0 Å². The van der Waals surface area contributed by atoms with Gasteiger partial charge >= 0.3 is 6.09 Å². The summed E-state index contributed by atoms with van der Waals surface area (Å²) >= 11 is 0. The highest BCUT2D eigenvalue weighted by molar-refractivity contribution is 5.67. The highest BCUT2D eigenvalue weighted by atomic mass is 16.6. The number of carbonyl (C=O) groups is 1. The molecule has 8 heteroatoms. The Bertz CT molecular complexity index is 708. The summed E-state index contributed by atoms with van der Waals surface area (Å²) < 4.78 is 15.9. The molecular weight excluding hydrogens is 336 g/mol. The van der Waals surface area contributed by atoms with Gasteiger partial charge < -0.3 is 24.1 Å². The SMILES string of the molecule is CCOC(=O)N1CCC(NCc2nnc(-c3ccc(OC)cc3)o2)CC1. The van der Waals surface area contributed by atoms with Crippen molar-refractivity contribution < 1.29 is 18.7 Å². The van der Waals surface area contributed by atoms with Crippen molar-refractivity contribution in [3.63, 3.8) is 0 Å². The van der Waals surface area contributed by atoms with E-state index in [1.165, 1.54) is 0 Å². The summed E-state index contributed by atoms with van der Waals surface area (Å²) in [6.07, 6.45) is 1.52. The van der Waals surface area contributed by atoms with Crippen molar-refractivity contribution in [1.82, 2.24) is 20.4 Å². The van der Waals surface area contributed by atoms with Gasteiger partial charge in [0.25, 0.3) is 0 Å². The smallest absolute Gasteiger partial charge is 0.409 e. The summed E-state index contributed by atoms with van der Waals surface area (Å²) in [4.78, 5) is 13.5. The Balaban J connectivity index is 1.47. The van der Waals surface area contributed by atoms with E-state index >= 15 is 0 Å². The third-order valence-corrected chi connectivity index (χ3v) is 4.37. The standard InChI is InChI=1S/C18H24N4O4/c1-3-25-18(23)22-10-8-14(9-11-22)19-12-16-20-21-17(26-16)13-4-6-15(24-2)7-5-13/h4-7,14,19H,3,8-12H2,1-2H3. The largest absolute Gasteiger partial charge is 0.497 e. The molecule has 1 amide bonds. The number of hydrogen-bond acceptors (Lipinski definition) is 7. The van der Waals surface area contributed by atoms with Crippen LogP contribution in [-0.2, 0) is 11.3 Å². The molecule has 1 aliphatic rings. The van der Waals surface area contributed by atoms with Crippen molar-refractivity contribution in [2.75, 3.05) is 26.8 Å². The average Bonchev–Trinajstić information content (AvgIpc) is 3.16. The molecule has 0 unspecified atom stereocenters. The third kappa shape index (κ3) is 4.51. The lowest BCUT2D eigenvalue weighted by Gasteiger charge is -2.31. The molecule has 1 N–H and O–H groups in total. The number of methoxy groups -OCH3 is 1. The molecular formula is C18H24N4O4. The van der Waals surface area contributed by atoms with Crippen molar-refractivity contribution in [2.45, 2.75) is 32.4 Å². The topological polar surface area (TPSA) is 89.7 Å². The quantitative estimate of drug-likeness (QED) is 0.846. The molecule has 0 atom stereocenters. The lowest BCUT2D eigenvalue weighted by Crippen LogP contribution is -2.44. The van der Waals surface area contributed by atoms with E-state index in [4.69, 9.17) is 13.9 Å². The number of nitrogens with zero attached hydrogens (tertiary/aromatic N) is 3. The minimum atomic E-state index is -0.230. The summed E-state index contributed by atoms with van der Waals surface area (Å²) in [6, 6.07) is 7.80. The maximum Gasteiger partial charge on any atom is 0.409 e. The molecule has 0 radical (unpaired) electrons. The zero-order valence-corrected chi connectivity index (χ0v) is 15.1. The van der Waals surface area contributed by atoms with Crippen molar-refractivity contribution in [3.8, 4) is 17.2 Å². The van der Waals surface area contributed by atoms with Gasteiger partial charge in [0.2, 0.25) is 11.8 Å². The summed E-state index contributed by atoms with van der Waals surface area (Å²) in [5.41, 5.74) is 0.854. The number of carbonyl (C=O) groups excluding carboxylic acids is 1. The van der Waals surface area contributed by atoms with Gasteiger partial charge in [-0.15, -0.1) is 10.2 Å². The summed E-state index contributed by atoms with van der Waals surface area (Å²) in [7, 11) is 1.63. The molecule has 140 valence electrons. The van der Waals surface area contributed by atoms with Gasteiger partial charge in [-0.05, 0) is 44.0 Å². The first-order valence-electron chi connectivity index (χ1n) is 8.81. The van der Waals surface area contributed by atoms with Crippen LogP contribution in [0.5, 0.6) is 5.75 Å². The van der Waals surface area contributed by atoms with Crippen LogP contribution in [0.25, 0.3) is 11.5 Å². The van der Waals surface area contributed by atoms with Gasteiger partial charge in [0, 0.05) is 24.7 Å². The predicted molar refractivity (Wildman–Crippen MR) is 94.7 cm³/mol. The lowest BCUT2D eigenvalue weighted by atomic mass is 10.1. The molecule has 1 aromatic heterocycles. The number of likely N-dealkylation sites (tertiary alicyclic amines) is 1. The van der Waals surface area contributed by atoms with Crippen LogP contribution < -0.4 is 10.1 Å². The molecule has 1 aromatic carbocycles. The minimum Gasteiger partial charge on any atom is -0.497 e. The fourth-order valence-corrected chi connectivity index (χ4v) is 2.89. The van der Waals surface area contributed by atoms with Crippen molar-refractivity contribution >= 4 is 6.09 Å². The van der Waals surface area contributed by atoms with Crippen molar-refractivity contribution in [2.24, 2.45) is 0 Å². The van der Waals surface area contributed by atoms with Crippen molar-refractivity contribution in [3.05, 3.63) is 30.2 Å². The molecule has 2 heterocycles. The highest BCUT2D eigenvalue weighted by Crippen LogP contribution is 2.21. The van der Waals surface area contributed by atoms with Gasteiger partial charge in [-0.3, -0.25) is 0 Å². The minimum absolute atomic E-state index is 0.230.